The van der Waals surface area contributed by atoms with E-state index >= 15 is 0 Å². The van der Waals surface area contributed by atoms with Crippen molar-refractivity contribution in [3.63, 3.8) is 0 Å². The minimum atomic E-state index is -1.36. The SMILES string of the molecule is Cc1cccc(N2C(=O)NC(=O)/C(=C\c3ccc(-c4ccccc4C(=O)[O-])o3)C2=O)c1. The molecule has 0 atom stereocenters. The van der Waals surface area contributed by atoms with Crippen LogP contribution in [-0.4, -0.2) is 23.8 Å². The van der Waals surface area contributed by atoms with Crippen molar-refractivity contribution in [1.29, 1.82) is 0 Å². The fraction of sp³-hybridized carbons (Fsp3) is 0.0435. The largest absolute Gasteiger partial charge is 0.545 e. The number of amides is 4. The van der Waals surface area contributed by atoms with E-state index in [1.54, 1.807) is 36.4 Å². The van der Waals surface area contributed by atoms with Crippen molar-refractivity contribution in [3.8, 4) is 11.3 Å². The van der Waals surface area contributed by atoms with Crippen LogP contribution >= 0.6 is 0 Å². The first-order chi connectivity index (χ1) is 14.8. The zero-order valence-electron chi connectivity index (χ0n) is 16.2. The van der Waals surface area contributed by atoms with Crippen LogP contribution in [0, 0.1) is 6.92 Å². The lowest BCUT2D eigenvalue weighted by molar-refractivity contribution is -0.255. The molecule has 0 radical (unpaired) electrons. The standard InChI is InChI=1S/C23H16N2O6/c1-13-5-4-6-14(11-13)25-21(27)18(20(26)24-23(25)30)12-15-9-10-19(31-15)16-7-2-3-8-17(16)22(28)29/h2-12H,1H3,(H,28,29)(H,24,26,30)/p-1/b18-12+. The van der Waals surface area contributed by atoms with Gasteiger partial charge in [0.15, 0.2) is 0 Å². The third-order valence-electron chi connectivity index (χ3n) is 4.69. The highest BCUT2D eigenvalue weighted by atomic mass is 16.4. The van der Waals surface area contributed by atoms with E-state index in [9.17, 15) is 24.3 Å². The molecule has 3 aromatic rings. The Balaban J connectivity index is 1.70. The Hall–Kier alpha value is -4.46. The first-order valence-electron chi connectivity index (χ1n) is 9.24. The van der Waals surface area contributed by atoms with Gasteiger partial charge in [0, 0.05) is 11.1 Å². The fourth-order valence-corrected chi connectivity index (χ4v) is 3.25. The van der Waals surface area contributed by atoms with Crippen LogP contribution in [0.5, 0.6) is 0 Å². The Morgan fingerprint density at radius 1 is 1.03 bits per heavy atom. The fourth-order valence-electron chi connectivity index (χ4n) is 3.25. The van der Waals surface area contributed by atoms with Crippen molar-refractivity contribution in [3.05, 3.63) is 83.1 Å². The molecule has 8 nitrogen and oxygen atoms in total. The van der Waals surface area contributed by atoms with Gasteiger partial charge >= 0.3 is 6.03 Å². The number of carbonyl (C=O) groups excluding carboxylic acids is 4. The van der Waals surface area contributed by atoms with Crippen molar-refractivity contribution in [2.24, 2.45) is 0 Å². The molecule has 8 heteroatoms. The molecular weight excluding hydrogens is 400 g/mol. The van der Waals surface area contributed by atoms with Gasteiger partial charge in [0.1, 0.15) is 17.1 Å². The number of furan rings is 1. The molecule has 1 aromatic heterocycles. The normalized spacial score (nSPS) is 15.3. The number of anilines is 1. The number of benzene rings is 2. The lowest BCUT2D eigenvalue weighted by atomic mass is 10.1. The number of hydrogen-bond acceptors (Lipinski definition) is 6. The second-order valence-electron chi connectivity index (χ2n) is 6.83. The predicted molar refractivity (Wildman–Crippen MR) is 109 cm³/mol. The third kappa shape index (κ3) is 3.74. The van der Waals surface area contributed by atoms with Crippen molar-refractivity contribution in [1.82, 2.24) is 5.32 Å². The van der Waals surface area contributed by atoms with Gasteiger partial charge in [0.05, 0.1) is 11.7 Å². The number of nitrogens with zero attached hydrogens (tertiary/aromatic N) is 1. The van der Waals surface area contributed by atoms with E-state index in [4.69, 9.17) is 4.42 Å². The molecule has 0 aliphatic carbocycles. The summed E-state index contributed by atoms with van der Waals surface area (Å²) in [5.41, 5.74) is 1.10. The van der Waals surface area contributed by atoms with Crippen molar-refractivity contribution >= 4 is 35.6 Å². The van der Waals surface area contributed by atoms with Crippen LogP contribution in [0.3, 0.4) is 0 Å². The third-order valence-corrected chi connectivity index (χ3v) is 4.69. The lowest BCUT2D eigenvalue weighted by Gasteiger charge is -2.26. The lowest BCUT2D eigenvalue weighted by Crippen LogP contribution is -2.54. The zero-order valence-corrected chi connectivity index (χ0v) is 16.2. The maximum Gasteiger partial charge on any atom is 0.335 e. The van der Waals surface area contributed by atoms with Gasteiger partial charge in [-0.25, -0.2) is 9.69 Å². The maximum absolute atomic E-state index is 12.9. The van der Waals surface area contributed by atoms with Gasteiger partial charge in [-0.2, -0.15) is 0 Å². The highest BCUT2D eigenvalue weighted by molar-refractivity contribution is 6.39. The molecule has 0 saturated carbocycles. The molecule has 0 spiro atoms. The average Bonchev–Trinajstić information content (AvgIpc) is 3.19. The highest BCUT2D eigenvalue weighted by Crippen LogP contribution is 2.28. The summed E-state index contributed by atoms with van der Waals surface area (Å²) in [7, 11) is 0. The highest BCUT2D eigenvalue weighted by Gasteiger charge is 2.37. The van der Waals surface area contributed by atoms with Gasteiger partial charge in [-0.3, -0.25) is 14.9 Å². The second-order valence-corrected chi connectivity index (χ2v) is 6.83. The Bertz CT molecular complexity index is 1270. The summed E-state index contributed by atoms with van der Waals surface area (Å²) in [6.45, 7) is 1.81. The number of carboxylic acid groups (broad SMARTS) is 1. The van der Waals surface area contributed by atoms with Crippen molar-refractivity contribution in [2.45, 2.75) is 6.92 Å². The van der Waals surface area contributed by atoms with Crippen molar-refractivity contribution < 1.29 is 28.7 Å². The number of carbonyl (C=O) groups is 4. The quantitative estimate of drug-likeness (QED) is 0.516. The Labute approximate surface area is 176 Å². The van der Waals surface area contributed by atoms with E-state index in [0.29, 0.717) is 11.3 Å². The Morgan fingerprint density at radius 3 is 2.55 bits per heavy atom. The molecule has 1 aliphatic rings. The van der Waals surface area contributed by atoms with Gasteiger partial charge in [-0.15, -0.1) is 0 Å². The molecule has 1 N–H and O–H groups in total. The minimum absolute atomic E-state index is 0.0567. The molecule has 2 aromatic carbocycles. The summed E-state index contributed by atoms with van der Waals surface area (Å²) < 4.78 is 5.64. The monoisotopic (exact) mass is 415 g/mol. The van der Waals surface area contributed by atoms with Crippen molar-refractivity contribution in [2.75, 3.05) is 4.90 Å². The molecule has 1 saturated heterocycles. The van der Waals surface area contributed by atoms with Crippen LogP contribution in [-0.2, 0) is 9.59 Å². The number of nitrogens with one attached hydrogen (secondary N) is 1. The first kappa shape index (κ1) is 19.8. The molecule has 4 rings (SSSR count). The summed E-state index contributed by atoms with van der Waals surface area (Å²) in [4.78, 5) is 49.7. The summed E-state index contributed by atoms with van der Waals surface area (Å²) in [5, 5.41) is 13.5. The van der Waals surface area contributed by atoms with E-state index < -0.39 is 23.8 Å². The number of hydrogen-bond donors (Lipinski definition) is 1. The number of barbiturate groups is 1. The van der Waals surface area contributed by atoms with E-state index in [1.165, 1.54) is 24.3 Å². The van der Waals surface area contributed by atoms with Gasteiger partial charge in [0.2, 0.25) is 0 Å². The molecule has 4 amide bonds. The summed E-state index contributed by atoms with van der Waals surface area (Å²) in [5.74, 6) is -2.65. The molecular formula is C23H15N2O6-. The van der Waals surface area contributed by atoms with Gasteiger partial charge in [0.25, 0.3) is 11.8 Å². The molecule has 1 fully saturated rings. The number of imide groups is 2. The van der Waals surface area contributed by atoms with E-state index in [-0.39, 0.29) is 22.7 Å². The van der Waals surface area contributed by atoms with E-state index in [2.05, 4.69) is 5.32 Å². The van der Waals surface area contributed by atoms with Crippen LogP contribution < -0.4 is 15.3 Å². The minimum Gasteiger partial charge on any atom is -0.545 e. The number of aryl methyl sites for hydroxylation is 1. The van der Waals surface area contributed by atoms with E-state index in [1.807, 2.05) is 13.0 Å². The molecule has 1 aliphatic heterocycles. The molecule has 0 bridgehead atoms. The number of aromatic carboxylic acids is 1. The summed E-state index contributed by atoms with van der Waals surface area (Å²) in [6.07, 6.45) is 1.21. The zero-order chi connectivity index (χ0) is 22.1. The van der Waals surface area contributed by atoms with Crippen LogP contribution in [0.15, 0.2) is 70.7 Å². The van der Waals surface area contributed by atoms with Gasteiger partial charge < -0.3 is 14.3 Å². The summed E-state index contributed by atoms with van der Waals surface area (Å²) in [6, 6.07) is 15.0. The topological polar surface area (TPSA) is 120 Å². The van der Waals surface area contributed by atoms with E-state index in [0.717, 1.165) is 10.5 Å². The predicted octanol–water partition coefficient (Wildman–Crippen LogP) is 2.28. The van der Waals surface area contributed by atoms with Crippen LogP contribution in [0.25, 0.3) is 17.4 Å². The van der Waals surface area contributed by atoms with Gasteiger partial charge in [-0.1, -0.05) is 36.4 Å². The average molecular weight is 415 g/mol. The van der Waals surface area contributed by atoms with Crippen LogP contribution in [0.2, 0.25) is 0 Å². The molecule has 31 heavy (non-hydrogen) atoms. The number of urea groups is 1. The maximum atomic E-state index is 12.9. The van der Waals surface area contributed by atoms with Crippen LogP contribution in [0.1, 0.15) is 21.7 Å². The Morgan fingerprint density at radius 2 is 1.81 bits per heavy atom. The number of rotatable bonds is 4. The molecule has 154 valence electrons. The molecule has 2 heterocycles. The number of carboxylic acids is 1. The Kier molecular flexibility index (Phi) is 4.96. The summed E-state index contributed by atoms with van der Waals surface area (Å²) >= 11 is 0. The second kappa shape index (κ2) is 7.75. The van der Waals surface area contributed by atoms with Crippen LogP contribution in [0.4, 0.5) is 10.5 Å². The smallest absolute Gasteiger partial charge is 0.335 e. The molecule has 0 unspecified atom stereocenters. The first-order valence-corrected chi connectivity index (χ1v) is 9.24. The van der Waals surface area contributed by atoms with Gasteiger partial charge in [-0.05, 0) is 42.8 Å².